The molecular weight excluding hydrogens is 332 g/mol. The zero-order valence-corrected chi connectivity index (χ0v) is 14.8. The van der Waals surface area contributed by atoms with Crippen LogP contribution >= 0.6 is 0 Å². The van der Waals surface area contributed by atoms with Crippen molar-refractivity contribution in [3.63, 3.8) is 0 Å². The predicted molar refractivity (Wildman–Crippen MR) is 99.4 cm³/mol. The van der Waals surface area contributed by atoms with Crippen molar-refractivity contribution in [3.05, 3.63) is 60.3 Å². The minimum absolute atomic E-state index is 0.119. The summed E-state index contributed by atoms with van der Waals surface area (Å²) in [5, 5.41) is 14.1. The van der Waals surface area contributed by atoms with Crippen molar-refractivity contribution in [2.45, 2.75) is 6.10 Å². The van der Waals surface area contributed by atoms with Gasteiger partial charge in [-0.15, -0.1) is 0 Å². The van der Waals surface area contributed by atoms with Crippen molar-refractivity contribution in [1.82, 2.24) is 9.88 Å². The predicted octanol–water partition coefficient (Wildman–Crippen LogP) is 2.42. The van der Waals surface area contributed by atoms with Crippen LogP contribution in [-0.2, 0) is 11.8 Å². The Morgan fingerprint density at radius 1 is 1.19 bits per heavy atom. The number of nitrogens with zero attached hydrogens (tertiary/aromatic N) is 1. The number of carbonyl (C=O) groups is 1. The van der Waals surface area contributed by atoms with Crippen LogP contribution in [0.5, 0.6) is 11.5 Å². The first kappa shape index (κ1) is 17.8. The minimum Gasteiger partial charge on any atom is -0.497 e. The fourth-order valence-electron chi connectivity index (χ4n) is 2.85. The van der Waals surface area contributed by atoms with Gasteiger partial charge in [-0.25, -0.2) is 0 Å². The molecule has 1 aromatic heterocycles. The summed E-state index contributed by atoms with van der Waals surface area (Å²) in [6, 6.07) is 14.9. The Morgan fingerprint density at radius 2 is 1.96 bits per heavy atom. The van der Waals surface area contributed by atoms with Gasteiger partial charge in [-0.3, -0.25) is 4.79 Å². The minimum atomic E-state index is -0.790. The van der Waals surface area contributed by atoms with E-state index in [9.17, 15) is 9.90 Å². The van der Waals surface area contributed by atoms with Crippen LogP contribution in [-0.4, -0.2) is 35.8 Å². The topological polar surface area (TPSA) is 72.7 Å². The molecule has 0 aliphatic rings. The van der Waals surface area contributed by atoms with E-state index in [2.05, 4.69) is 5.32 Å². The number of aliphatic hydroxyl groups is 1. The molecule has 0 fully saturated rings. The van der Waals surface area contributed by atoms with E-state index in [0.717, 1.165) is 16.5 Å². The lowest BCUT2D eigenvalue weighted by Gasteiger charge is -2.12. The van der Waals surface area contributed by atoms with Crippen molar-refractivity contribution < 1.29 is 19.4 Å². The highest BCUT2D eigenvalue weighted by atomic mass is 16.5. The van der Waals surface area contributed by atoms with Gasteiger partial charge >= 0.3 is 0 Å². The average molecular weight is 354 g/mol. The number of fused-ring (bicyclic) bond motifs is 1. The number of amides is 1. The standard InChI is InChI=1S/C20H22N2O4/c1-22-12-17(16-8-3-4-9-18(16)22)19(23)11-21-20(24)13-26-15-7-5-6-14(10-15)25-2/h3-10,12,19,23H,11,13H2,1-2H3,(H,21,24). The van der Waals surface area contributed by atoms with Crippen molar-refractivity contribution in [2.24, 2.45) is 7.05 Å². The quantitative estimate of drug-likeness (QED) is 0.683. The molecule has 0 saturated carbocycles. The number of rotatable bonds is 7. The lowest BCUT2D eigenvalue weighted by molar-refractivity contribution is -0.123. The molecule has 0 radical (unpaired) electrons. The monoisotopic (exact) mass is 354 g/mol. The van der Waals surface area contributed by atoms with Crippen LogP contribution in [0.3, 0.4) is 0 Å². The molecule has 1 atom stereocenters. The number of benzene rings is 2. The molecule has 0 aliphatic carbocycles. The summed E-state index contributed by atoms with van der Waals surface area (Å²) < 4.78 is 12.5. The molecule has 1 unspecified atom stereocenters. The van der Waals surface area contributed by atoms with E-state index in [1.54, 1.807) is 31.4 Å². The first-order valence-electron chi connectivity index (χ1n) is 8.34. The van der Waals surface area contributed by atoms with Gasteiger partial charge in [0.15, 0.2) is 6.61 Å². The third-order valence-electron chi connectivity index (χ3n) is 4.19. The molecule has 0 bridgehead atoms. The van der Waals surface area contributed by atoms with Crippen LogP contribution in [0, 0.1) is 0 Å². The van der Waals surface area contributed by atoms with Crippen molar-refractivity contribution in [3.8, 4) is 11.5 Å². The number of hydrogen-bond donors (Lipinski definition) is 2. The zero-order valence-electron chi connectivity index (χ0n) is 14.8. The first-order valence-corrected chi connectivity index (χ1v) is 8.34. The number of carbonyl (C=O) groups excluding carboxylic acids is 1. The third kappa shape index (κ3) is 3.97. The summed E-state index contributed by atoms with van der Waals surface area (Å²) in [4.78, 5) is 12.0. The Bertz CT molecular complexity index is 904. The van der Waals surface area contributed by atoms with Gasteiger partial charge in [0, 0.05) is 42.3 Å². The number of aromatic nitrogens is 1. The third-order valence-corrected chi connectivity index (χ3v) is 4.19. The molecule has 1 heterocycles. The van der Waals surface area contributed by atoms with E-state index in [-0.39, 0.29) is 19.1 Å². The number of aliphatic hydroxyl groups excluding tert-OH is 1. The highest BCUT2D eigenvalue weighted by Gasteiger charge is 2.15. The van der Waals surface area contributed by atoms with Gasteiger partial charge in [-0.2, -0.15) is 0 Å². The number of ether oxygens (including phenoxy) is 2. The Morgan fingerprint density at radius 3 is 2.77 bits per heavy atom. The zero-order chi connectivity index (χ0) is 18.5. The molecule has 0 spiro atoms. The van der Waals surface area contributed by atoms with Gasteiger partial charge in [0.1, 0.15) is 11.5 Å². The summed E-state index contributed by atoms with van der Waals surface area (Å²) in [6.07, 6.45) is 1.09. The largest absolute Gasteiger partial charge is 0.497 e. The lowest BCUT2D eigenvalue weighted by atomic mass is 10.1. The molecule has 6 nitrogen and oxygen atoms in total. The van der Waals surface area contributed by atoms with Gasteiger partial charge in [0.05, 0.1) is 13.2 Å². The van der Waals surface area contributed by atoms with Gasteiger partial charge < -0.3 is 24.5 Å². The summed E-state index contributed by atoms with van der Waals surface area (Å²) >= 11 is 0. The smallest absolute Gasteiger partial charge is 0.258 e. The maximum absolute atomic E-state index is 12.0. The molecule has 26 heavy (non-hydrogen) atoms. The molecule has 2 aromatic carbocycles. The number of hydrogen-bond acceptors (Lipinski definition) is 4. The van der Waals surface area contributed by atoms with Gasteiger partial charge in [0.25, 0.3) is 5.91 Å². The van der Waals surface area contributed by atoms with Crippen LogP contribution in [0.25, 0.3) is 10.9 Å². The van der Waals surface area contributed by atoms with Gasteiger partial charge in [-0.05, 0) is 18.2 Å². The number of para-hydroxylation sites is 1. The van der Waals surface area contributed by atoms with E-state index in [4.69, 9.17) is 9.47 Å². The Kier molecular flexibility index (Phi) is 5.43. The normalized spacial score (nSPS) is 12.0. The van der Waals surface area contributed by atoms with Gasteiger partial charge in [-0.1, -0.05) is 24.3 Å². The second kappa shape index (κ2) is 7.93. The van der Waals surface area contributed by atoms with Crippen LogP contribution in [0.2, 0.25) is 0 Å². The summed E-state index contributed by atoms with van der Waals surface area (Å²) in [5.41, 5.74) is 1.83. The fourth-order valence-corrected chi connectivity index (χ4v) is 2.85. The molecule has 6 heteroatoms. The number of methoxy groups -OCH3 is 1. The molecule has 2 N–H and O–H groups in total. The van der Waals surface area contributed by atoms with Crippen LogP contribution in [0.15, 0.2) is 54.7 Å². The Labute approximate surface area is 152 Å². The summed E-state index contributed by atoms with van der Waals surface area (Å²) in [6.45, 7) is -0.0102. The Balaban J connectivity index is 1.55. The highest BCUT2D eigenvalue weighted by molar-refractivity contribution is 5.84. The molecule has 3 aromatic rings. The van der Waals surface area contributed by atoms with E-state index in [1.807, 2.05) is 42.1 Å². The van der Waals surface area contributed by atoms with E-state index >= 15 is 0 Å². The van der Waals surface area contributed by atoms with E-state index < -0.39 is 6.10 Å². The second-order valence-corrected chi connectivity index (χ2v) is 6.00. The highest BCUT2D eigenvalue weighted by Crippen LogP contribution is 2.25. The fraction of sp³-hybridized carbons (Fsp3) is 0.250. The first-order chi connectivity index (χ1) is 12.6. The van der Waals surface area contributed by atoms with Crippen molar-refractivity contribution in [1.29, 1.82) is 0 Å². The molecular formula is C20H22N2O4. The second-order valence-electron chi connectivity index (χ2n) is 6.00. The Hall–Kier alpha value is -2.99. The summed E-state index contributed by atoms with van der Waals surface area (Å²) in [7, 11) is 3.50. The SMILES string of the molecule is COc1cccc(OCC(=O)NCC(O)c2cn(C)c3ccccc23)c1. The average Bonchev–Trinajstić information content (AvgIpc) is 3.02. The van der Waals surface area contributed by atoms with Crippen molar-refractivity contribution in [2.75, 3.05) is 20.3 Å². The molecule has 0 saturated heterocycles. The van der Waals surface area contributed by atoms with Gasteiger partial charge in [0.2, 0.25) is 0 Å². The lowest BCUT2D eigenvalue weighted by Crippen LogP contribution is -2.32. The van der Waals surface area contributed by atoms with Crippen LogP contribution in [0.4, 0.5) is 0 Å². The van der Waals surface area contributed by atoms with E-state index in [1.165, 1.54) is 0 Å². The maximum Gasteiger partial charge on any atom is 0.258 e. The van der Waals surface area contributed by atoms with Crippen molar-refractivity contribution >= 4 is 16.8 Å². The summed E-state index contributed by atoms with van der Waals surface area (Å²) in [5.74, 6) is 0.912. The maximum atomic E-state index is 12.0. The number of nitrogens with one attached hydrogen (secondary N) is 1. The van der Waals surface area contributed by atoms with Crippen LogP contribution < -0.4 is 14.8 Å². The van der Waals surface area contributed by atoms with E-state index in [0.29, 0.717) is 11.5 Å². The molecule has 1 amide bonds. The molecule has 0 aliphatic heterocycles. The van der Waals surface area contributed by atoms with Crippen LogP contribution in [0.1, 0.15) is 11.7 Å². The number of aryl methyl sites for hydroxylation is 1. The molecule has 3 rings (SSSR count). The molecule has 136 valence electrons.